The number of nitrogens with two attached hydrogens (primary N) is 1. The van der Waals surface area contributed by atoms with Crippen molar-refractivity contribution in [1.82, 2.24) is 19.1 Å². The third-order valence-corrected chi connectivity index (χ3v) is 9.81. The summed E-state index contributed by atoms with van der Waals surface area (Å²) in [7, 11) is -3.37. The number of nitrogens with zero attached hydrogens (tertiary/aromatic N) is 3. The molecule has 2 amide bonds. The molecule has 0 radical (unpaired) electrons. The predicted octanol–water partition coefficient (Wildman–Crippen LogP) is 2.61. The summed E-state index contributed by atoms with van der Waals surface area (Å²) in [5.41, 5.74) is 9.95. The van der Waals surface area contributed by atoms with Crippen LogP contribution in [0.3, 0.4) is 0 Å². The van der Waals surface area contributed by atoms with Crippen LogP contribution >= 0.6 is 0 Å². The van der Waals surface area contributed by atoms with E-state index in [0.29, 0.717) is 64.2 Å². The lowest BCUT2D eigenvalue weighted by Crippen LogP contribution is -2.50. The molecule has 3 heterocycles. The predicted molar refractivity (Wildman–Crippen MR) is 148 cm³/mol. The topological polar surface area (TPSA) is 120 Å². The molecule has 0 saturated carbocycles. The number of piperazine rings is 1. The lowest BCUT2D eigenvalue weighted by Gasteiger charge is -2.35. The monoisotopic (exact) mass is 537 g/mol. The molecular formula is C28H35N5O4S. The van der Waals surface area contributed by atoms with Crippen LogP contribution in [0.25, 0.3) is 22.0 Å². The lowest BCUT2D eigenvalue weighted by atomic mass is 9.88. The summed E-state index contributed by atoms with van der Waals surface area (Å²) in [4.78, 5) is 31.0. The number of carbonyl (C=O) groups is 2. The van der Waals surface area contributed by atoms with Crippen molar-refractivity contribution in [3.8, 4) is 11.1 Å². The van der Waals surface area contributed by atoms with Crippen molar-refractivity contribution < 1.29 is 18.0 Å². The van der Waals surface area contributed by atoms with Gasteiger partial charge in [0.2, 0.25) is 15.9 Å². The molecule has 3 N–H and O–H groups in total. The van der Waals surface area contributed by atoms with Crippen molar-refractivity contribution in [1.29, 1.82) is 0 Å². The van der Waals surface area contributed by atoms with E-state index in [2.05, 4.69) is 16.0 Å². The minimum Gasteiger partial charge on any atom is -0.366 e. The summed E-state index contributed by atoms with van der Waals surface area (Å²) >= 11 is 0. The molecule has 0 bridgehead atoms. The van der Waals surface area contributed by atoms with Gasteiger partial charge in [0.1, 0.15) is 0 Å². The van der Waals surface area contributed by atoms with Crippen molar-refractivity contribution in [2.45, 2.75) is 25.7 Å². The lowest BCUT2D eigenvalue weighted by molar-refractivity contribution is -0.130. The van der Waals surface area contributed by atoms with E-state index in [4.69, 9.17) is 5.73 Å². The van der Waals surface area contributed by atoms with Crippen molar-refractivity contribution in [3.63, 3.8) is 0 Å². The molecule has 9 nitrogen and oxygen atoms in total. The van der Waals surface area contributed by atoms with Crippen LogP contribution in [0, 0.1) is 0 Å². The molecule has 2 saturated heterocycles. The van der Waals surface area contributed by atoms with Crippen LogP contribution in [0.1, 0.15) is 41.6 Å². The Labute approximate surface area is 223 Å². The number of hydrogen-bond acceptors (Lipinski definition) is 5. The van der Waals surface area contributed by atoms with E-state index in [1.54, 1.807) is 16.1 Å². The van der Waals surface area contributed by atoms with Gasteiger partial charge in [0, 0.05) is 64.3 Å². The molecule has 2 aliphatic heterocycles. The molecule has 0 aliphatic carbocycles. The SMILES string of the molecule is CC(=O)N1CCN(CCS(=O)(=O)N2CCC(c3c[nH]c4c(C(N)=O)cc(-c5ccccc5)cc34)CC2)CC1. The number of nitrogens with one attached hydrogen (secondary N) is 1. The average molecular weight is 538 g/mol. The zero-order valence-corrected chi connectivity index (χ0v) is 22.5. The number of rotatable bonds is 7. The van der Waals surface area contributed by atoms with Crippen LogP contribution in [0.5, 0.6) is 0 Å². The van der Waals surface area contributed by atoms with Crippen molar-refractivity contribution >= 4 is 32.7 Å². The Morgan fingerprint density at radius 3 is 2.29 bits per heavy atom. The molecule has 2 aliphatic rings. The van der Waals surface area contributed by atoms with E-state index >= 15 is 0 Å². The number of carbonyl (C=O) groups excluding carboxylic acids is 2. The Morgan fingerprint density at radius 1 is 0.974 bits per heavy atom. The fourth-order valence-corrected chi connectivity index (χ4v) is 7.20. The van der Waals surface area contributed by atoms with E-state index in [1.807, 2.05) is 42.6 Å². The quantitative estimate of drug-likeness (QED) is 0.480. The second kappa shape index (κ2) is 10.9. The van der Waals surface area contributed by atoms with Crippen LogP contribution in [0.2, 0.25) is 0 Å². The normalized spacial score (nSPS) is 18.2. The van der Waals surface area contributed by atoms with Crippen LogP contribution in [0.4, 0.5) is 0 Å². The number of sulfonamides is 1. The van der Waals surface area contributed by atoms with Gasteiger partial charge in [-0.2, -0.15) is 0 Å². The maximum Gasteiger partial charge on any atom is 0.250 e. The molecule has 2 fully saturated rings. The number of amides is 2. The minimum atomic E-state index is -3.37. The van der Waals surface area contributed by atoms with Gasteiger partial charge in [-0.15, -0.1) is 0 Å². The number of aromatic nitrogens is 1. The maximum atomic E-state index is 13.1. The number of fused-ring (bicyclic) bond motifs is 1. The average Bonchev–Trinajstić information content (AvgIpc) is 3.36. The van der Waals surface area contributed by atoms with Gasteiger partial charge in [0.05, 0.1) is 16.8 Å². The molecular weight excluding hydrogens is 502 g/mol. The molecule has 1 aromatic heterocycles. The largest absolute Gasteiger partial charge is 0.366 e. The summed E-state index contributed by atoms with van der Waals surface area (Å²) in [6.07, 6.45) is 3.37. The van der Waals surface area contributed by atoms with E-state index in [1.165, 1.54) is 0 Å². The molecule has 10 heteroatoms. The van der Waals surface area contributed by atoms with Crippen molar-refractivity contribution in [3.05, 3.63) is 59.8 Å². The number of hydrogen-bond donors (Lipinski definition) is 2. The molecule has 2 aromatic carbocycles. The van der Waals surface area contributed by atoms with Crippen molar-refractivity contribution in [2.24, 2.45) is 5.73 Å². The van der Waals surface area contributed by atoms with Gasteiger partial charge in [-0.25, -0.2) is 12.7 Å². The van der Waals surface area contributed by atoms with E-state index in [-0.39, 0.29) is 17.6 Å². The Morgan fingerprint density at radius 2 is 1.66 bits per heavy atom. The Balaban J connectivity index is 1.26. The number of aromatic amines is 1. The summed E-state index contributed by atoms with van der Waals surface area (Å²) in [6, 6.07) is 13.8. The second-order valence-electron chi connectivity index (χ2n) is 10.3. The van der Waals surface area contributed by atoms with Crippen molar-refractivity contribution in [2.75, 3.05) is 51.6 Å². The molecule has 0 atom stereocenters. The van der Waals surface area contributed by atoms with Crippen LogP contribution in [-0.4, -0.2) is 90.9 Å². The molecule has 0 spiro atoms. The van der Waals surface area contributed by atoms with E-state index in [0.717, 1.165) is 27.6 Å². The summed E-state index contributed by atoms with van der Waals surface area (Å²) < 4.78 is 27.8. The third-order valence-electron chi connectivity index (χ3n) is 7.96. The molecule has 5 rings (SSSR count). The number of piperidine rings is 1. The number of H-pyrrole nitrogens is 1. The first-order chi connectivity index (χ1) is 18.2. The third kappa shape index (κ3) is 5.48. The Kier molecular flexibility index (Phi) is 7.56. The zero-order chi connectivity index (χ0) is 26.9. The fraction of sp³-hybridized carbons (Fsp3) is 0.429. The number of benzene rings is 2. The zero-order valence-electron chi connectivity index (χ0n) is 21.7. The van der Waals surface area contributed by atoms with Crippen LogP contribution < -0.4 is 5.73 Å². The Hall–Kier alpha value is -3.21. The molecule has 0 unspecified atom stereocenters. The van der Waals surface area contributed by atoms with Crippen LogP contribution in [0.15, 0.2) is 48.7 Å². The first-order valence-corrected chi connectivity index (χ1v) is 14.8. The van der Waals surface area contributed by atoms with Gasteiger partial charge in [0.15, 0.2) is 0 Å². The highest BCUT2D eigenvalue weighted by atomic mass is 32.2. The first-order valence-electron chi connectivity index (χ1n) is 13.2. The van der Waals surface area contributed by atoms with Gasteiger partial charge in [-0.05, 0) is 47.6 Å². The smallest absolute Gasteiger partial charge is 0.250 e. The molecule has 3 aromatic rings. The fourth-order valence-electron chi connectivity index (χ4n) is 5.69. The molecule has 202 valence electrons. The van der Waals surface area contributed by atoms with Gasteiger partial charge in [-0.1, -0.05) is 30.3 Å². The minimum absolute atomic E-state index is 0.0671. The summed E-state index contributed by atoms with van der Waals surface area (Å²) in [6.45, 7) is 5.70. The highest BCUT2D eigenvalue weighted by Gasteiger charge is 2.31. The van der Waals surface area contributed by atoms with Crippen LogP contribution in [-0.2, 0) is 14.8 Å². The Bertz CT molecular complexity index is 1420. The summed E-state index contributed by atoms with van der Waals surface area (Å²) in [5, 5.41) is 0.964. The number of primary amides is 1. The van der Waals surface area contributed by atoms with E-state index in [9.17, 15) is 18.0 Å². The molecule has 38 heavy (non-hydrogen) atoms. The van der Waals surface area contributed by atoms with Gasteiger partial charge in [-0.3, -0.25) is 14.5 Å². The first kappa shape index (κ1) is 26.4. The van der Waals surface area contributed by atoms with Gasteiger partial charge < -0.3 is 15.6 Å². The van der Waals surface area contributed by atoms with Gasteiger partial charge >= 0.3 is 0 Å². The highest BCUT2D eigenvalue weighted by Crippen LogP contribution is 2.37. The highest BCUT2D eigenvalue weighted by molar-refractivity contribution is 7.89. The summed E-state index contributed by atoms with van der Waals surface area (Å²) in [5.74, 6) is -0.142. The second-order valence-corrected chi connectivity index (χ2v) is 12.3. The van der Waals surface area contributed by atoms with Gasteiger partial charge in [0.25, 0.3) is 5.91 Å². The maximum absolute atomic E-state index is 13.1. The van der Waals surface area contributed by atoms with E-state index < -0.39 is 15.9 Å². The standard InChI is InChI=1S/C28H35N5O4S/c1-20(34)32-13-11-31(12-14-32)15-16-38(36,37)33-9-7-22(8-10-33)26-19-30-27-24(26)17-23(18-25(27)28(29)35)21-5-3-2-4-6-21/h2-6,17-19,22,30H,7-16H2,1H3,(H2,29,35).